The normalized spacial score (nSPS) is 12.5. The van der Waals surface area contributed by atoms with E-state index in [0.717, 1.165) is 17.9 Å². The standard InChI is InChI=1S/C25H26N6O3/c1-3-26-25-27-16(2)15-21(30-25)28-17-10-12-18(13-11-17)29-22(32)9-6-14-31-23(33)19-7-4-5-8-20(19)24(31)34/h4-5,7-8,10-13,15H,3,6,9,14H2,1-2H3,(H,29,32)(H2,26,27,28,30). The monoisotopic (exact) mass is 458 g/mol. The minimum absolute atomic E-state index is 0.181. The molecule has 0 spiro atoms. The van der Waals surface area contributed by atoms with E-state index in [1.54, 1.807) is 36.4 Å². The van der Waals surface area contributed by atoms with Crippen LogP contribution in [-0.2, 0) is 4.79 Å². The van der Waals surface area contributed by atoms with Gasteiger partial charge in [-0.25, -0.2) is 4.98 Å². The van der Waals surface area contributed by atoms with E-state index in [4.69, 9.17) is 0 Å². The largest absolute Gasteiger partial charge is 0.354 e. The Bertz CT molecular complexity index is 1190. The number of hydrogen-bond acceptors (Lipinski definition) is 7. The Morgan fingerprint density at radius 2 is 1.59 bits per heavy atom. The van der Waals surface area contributed by atoms with Crippen LogP contribution >= 0.6 is 0 Å². The molecule has 0 aliphatic carbocycles. The minimum atomic E-state index is -0.305. The molecule has 9 nitrogen and oxygen atoms in total. The Hall–Kier alpha value is -4.27. The lowest BCUT2D eigenvalue weighted by atomic mass is 10.1. The second kappa shape index (κ2) is 10.1. The van der Waals surface area contributed by atoms with Crippen molar-refractivity contribution >= 4 is 40.9 Å². The molecule has 0 atom stereocenters. The van der Waals surface area contributed by atoms with Crippen molar-refractivity contribution in [1.29, 1.82) is 0 Å². The molecule has 3 N–H and O–H groups in total. The quantitative estimate of drug-likeness (QED) is 0.415. The van der Waals surface area contributed by atoms with Gasteiger partial charge in [0.2, 0.25) is 11.9 Å². The van der Waals surface area contributed by atoms with Crippen molar-refractivity contribution in [3.8, 4) is 0 Å². The van der Waals surface area contributed by atoms with Gasteiger partial charge in [-0.05, 0) is 56.7 Å². The Labute approximate surface area is 197 Å². The summed E-state index contributed by atoms with van der Waals surface area (Å²) in [6.45, 7) is 4.82. The van der Waals surface area contributed by atoms with Crippen LogP contribution in [0.2, 0.25) is 0 Å². The molecule has 1 aliphatic rings. The summed E-state index contributed by atoms with van der Waals surface area (Å²) in [7, 11) is 0. The van der Waals surface area contributed by atoms with Crippen LogP contribution in [0.4, 0.5) is 23.1 Å². The molecular weight excluding hydrogens is 432 g/mol. The lowest BCUT2D eigenvalue weighted by Gasteiger charge is -2.13. The molecular formula is C25H26N6O3. The van der Waals surface area contributed by atoms with Crippen LogP contribution in [0.1, 0.15) is 46.2 Å². The highest BCUT2D eigenvalue weighted by atomic mass is 16.2. The summed E-state index contributed by atoms with van der Waals surface area (Å²) in [6.07, 6.45) is 0.582. The lowest BCUT2D eigenvalue weighted by molar-refractivity contribution is -0.116. The fraction of sp³-hybridized carbons (Fsp3) is 0.240. The zero-order valence-corrected chi connectivity index (χ0v) is 19.1. The van der Waals surface area contributed by atoms with Crippen molar-refractivity contribution < 1.29 is 14.4 Å². The van der Waals surface area contributed by atoms with Gasteiger partial charge < -0.3 is 16.0 Å². The Morgan fingerprint density at radius 3 is 2.24 bits per heavy atom. The van der Waals surface area contributed by atoms with Crippen LogP contribution in [0.3, 0.4) is 0 Å². The molecule has 2 heterocycles. The molecule has 0 radical (unpaired) electrons. The first kappa shape index (κ1) is 22.9. The predicted molar refractivity (Wildman–Crippen MR) is 130 cm³/mol. The summed E-state index contributed by atoms with van der Waals surface area (Å²) in [5, 5.41) is 9.17. The maximum absolute atomic E-state index is 12.4. The van der Waals surface area contributed by atoms with Crippen molar-refractivity contribution in [3.63, 3.8) is 0 Å². The van der Waals surface area contributed by atoms with Gasteiger partial charge in [-0.1, -0.05) is 12.1 Å². The zero-order valence-electron chi connectivity index (χ0n) is 19.1. The van der Waals surface area contributed by atoms with Crippen molar-refractivity contribution in [1.82, 2.24) is 14.9 Å². The number of fused-ring (bicyclic) bond motifs is 1. The van der Waals surface area contributed by atoms with Crippen LogP contribution < -0.4 is 16.0 Å². The molecule has 34 heavy (non-hydrogen) atoms. The molecule has 174 valence electrons. The average molecular weight is 459 g/mol. The van der Waals surface area contributed by atoms with Gasteiger partial charge in [-0.3, -0.25) is 19.3 Å². The summed E-state index contributed by atoms with van der Waals surface area (Å²) < 4.78 is 0. The highest BCUT2D eigenvalue weighted by Gasteiger charge is 2.34. The third-order valence-corrected chi connectivity index (χ3v) is 5.29. The van der Waals surface area contributed by atoms with Crippen molar-refractivity contribution in [2.24, 2.45) is 0 Å². The van der Waals surface area contributed by atoms with E-state index in [0.29, 0.717) is 35.0 Å². The first-order chi connectivity index (χ1) is 16.4. The zero-order chi connectivity index (χ0) is 24.1. The van der Waals surface area contributed by atoms with E-state index >= 15 is 0 Å². The molecule has 2 aromatic carbocycles. The van der Waals surface area contributed by atoms with Gasteiger partial charge in [-0.2, -0.15) is 4.98 Å². The fourth-order valence-electron chi connectivity index (χ4n) is 3.72. The second-order valence-electron chi connectivity index (χ2n) is 7.91. The number of hydrogen-bond donors (Lipinski definition) is 3. The number of carbonyl (C=O) groups is 3. The number of aryl methyl sites for hydroxylation is 1. The molecule has 9 heteroatoms. The van der Waals surface area contributed by atoms with Gasteiger partial charge in [0.1, 0.15) is 5.82 Å². The highest BCUT2D eigenvalue weighted by Crippen LogP contribution is 2.23. The van der Waals surface area contributed by atoms with Gasteiger partial charge in [0.05, 0.1) is 11.1 Å². The van der Waals surface area contributed by atoms with E-state index in [1.165, 1.54) is 4.90 Å². The number of carbonyl (C=O) groups excluding carboxylic acids is 3. The highest BCUT2D eigenvalue weighted by molar-refractivity contribution is 6.21. The van der Waals surface area contributed by atoms with Crippen molar-refractivity contribution in [2.75, 3.05) is 29.0 Å². The molecule has 4 rings (SSSR count). The predicted octanol–water partition coefficient (Wildman–Crippen LogP) is 3.98. The Morgan fingerprint density at radius 1 is 0.941 bits per heavy atom. The van der Waals surface area contributed by atoms with Gasteiger partial charge in [-0.15, -0.1) is 0 Å². The molecule has 1 aromatic heterocycles. The minimum Gasteiger partial charge on any atom is -0.354 e. The average Bonchev–Trinajstić information content (AvgIpc) is 3.05. The number of benzene rings is 2. The molecule has 0 saturated heterocycles. The number of anilines is 4. The van der Waals surface area contributed by atoms with Crippen LogP contribution in [0.25, 0.3) is 0 Å². The van der Waals surface area contributed by atoms with Gasteiger partial charge >= 0.3 is 0 Å². The number of rotatable bonds is 9. The maximum atomic E-state index is 12.4. The summed E-state index contributed by atoms with van der Waals surface area (Å²) >= 11 is 0. The van der Waals surface area contributed by atoms with Crippen LogP contribution in [0.15, 0.2) is 54.6 Å². The van der Waals surface area contributed by atoms with E-state index in [9.17, 15) is 14.4 Å². The van der Waals surface area contributed by atoms with Crippen molar-refractivity contribution in [2.45, 2.75) is 26.7 Å². The number of nitrogens with zero attached hydrogens (tertiary/aromatic N) is 3. The Kier molecular flexibility index (Phi) is 6.82. The first-order valence-electron chi connectivity index (χ1n) is 11.2. The molecule has 0 bridgehead atoms. The van der Waals surface area contributed by atoms with Crippen LogP contribution in [0.5, 0.6) is 0 Å². The third-order valence-electron chi connectivity index (χ3n) is 5.29. The van der Waals surface area contributed by atoms with E-state index in [-0.39, 0.29) is 30.7 Å². The fourth-order valence-corrected chi connectivity index (χ4v) is 3.72. The topological polar surface area (TPSA) is 116 Å². The first-order valence-corrected chi connectivity index (χ1v) is 11.2. The summed E-state index contributed by atoms with van der Waals surface area (Å²) in [4.78, 5) is 47.1. The number of amides is 3. The second-order valence-corrected chi connectivity index (χ2v) is 7.91. The summed E-state index contributed by atoms with van der Waals surface area (Å²) in [5.41, 5.74) is 3.16. The van der Waals surface area contributed by atoms with Gasteiger partial charge in [0, 0.05) is 42.6 Å². The number of aromatic nitrogens is 2. The molecule has 0 unspecified atom stereocenters. The van der Waals surface area contributed by atoms with E-state index < -0.39 is 0 Å². The molecule has 0 fully saturated rings. The molecule has 3 amide bonds. The van der Waals surface area contributed by atoms with Crippen LogP contribution in [-0.4, -0.2) is 45.7 Å². The molecule has 3 aromatic rings. The van der Waals surface area contributed by atoms with Gasteiger partial charge in [0.15, 0.2) is 0 Å². The summed E-state index contributed by atoms with van der Waals surface area (Å²) in [6, 6.07) is 15.9. The number of imide groups is 1. The van der Waals surface area contributed by atoms with Crippen LogP contribution in [0, 0.1) is 6.92 Å². The molecule has 1 aliphatic heterocycles. The lowest BCUT2D eigenvalue weighted by Crippen LogP contribution is -2.31. The van der Waals surface area contributed by atoms with Crippen molar-refractivity contribution in [3.05, 3.63) is 71.4 Å². The maximum Gasteiger partial charge on any atom is 0.261 e. The van der Waals surface area contributed by atoms with Gasteiger partial charge in [0.25, 0.3) is 11.8 Å². The third kappa shape index (κ3) is 5.20. The number of nitrogens with one attached hydrogen (secondary N) is 3. The molecule has 0 saturated carbocycles. The Balaban J connectivity index is 1.27. The van der Waals surface area contributed by atoms with E-state index in [2.05, 4.69) is 25.9 Å². The van der Waals surface area contributed by atoms with E-state index in [1.807, 2.05) is 32.0 Å². The SMILES string of the molecule is CCNc1nc(C)cc(Nc2ccc(NC(=O)CCCN3C(=O)c4ccccc4C3=O)cc2)n1. The smallest absolute Gasteiger partial charge is 0.261 e. The summed E-state index contributed by atoms with van der Waals surface area (Å²) in [5.74, 6) is 0.448.